The first kappa shape index (κ1) is 22.5. The van der Waals surface area contributed by atoms with E-state index >= 15 is 0 Å². The van der Waals surface area contributed by atoms with Gasteiger partial charge < -0.3 is 19.5 Å². The number of fused-ring (bicyclic) bond motifs is 5. The Bertz CT molecular complexity index is 869. The van der Waals surface area contributed by atoms with Gasteiger partial charge in [0.15, 0.2) is 6.61 Å². The summed E-state index contributed by atoms with van der Waals surface area (Å²) in [4.78, 5) is 14.8. The van der Waals surface area contributed by atoms with Crippen molar-refractivity contribution in [2.24, 2.45) is 0 Å². The highest BCUT2D eigenvalue weighted by molar-refractivity contribution is 7.89. The van der Waals surface area contributed by atoms with Crippen molar-refractivity contribution in [2.45, 2.75) is 62.6 Å². The molecular formula is C22H32N2O6S. The third kappa shape index (κ3) is 5.39. The number of aliphatic hydroxyl groups is 1. The van der Waals surface area contributed by atoms with E-state index in [-0.39, 0.29) is 24.4 Å². The summed E-state index contributed by atoms with van der Waals surface area (Å²) < 4.78 is 39.5. The summed E-state index contributed by atoms with van der Waals surface area (Å²) in [7, 11) is -3.63. The van der Waals surface area contributed by atoms with Gasteiger partial charge in [0.2, 0.25) is 10.0 Å². The standard InChI is InChI=1S/C22H32N2O6S/c25-12-13-31(27,28)23-19-5-3-11-24-20(19)14-29-17-9-7-16(8-10-17)18-4-1-2-6-21(18)30-15-22(24)26/h1-2,4,6,16-17,19-20,23,25H,3,5,7-15H2. The molecule has 4 aliphatic rings. The van der Waals surface area contributed by atoms with Crippen LogP contribution < -0.4 is 9.46 Å². The SMILES string of the molecule is O=C1COc2ccccc2C2CCC(CC2)OCC2C(NS(=O)(=O)CCO)CCCN12. The number of carbonyl (C=O) groups excluding carboxylic acids is 1. The van der Waals surface area contributed by atoms with Gasteiger partial charge in [-0.2, -0.15) is 0 Å². The van der Waals surface area contributed by atoms with Gasteiger partial charge in [-0.25, -0.2) is 13.1 Å². The molecule has 2 fully saturated rings. The lowest BCUT2D eigenvalue weighted by Crippen LogP contribution is -2.60. The number of aliphatic hydroxyl groups excluding tert-OH is 1. The third-order valence-corrected chi connectivity index (χ3v) is 8.06. The number of nitrogens with zero attached hydrogens (tertiary/aromatic N) is 1. The van der Waals surface area contributed by atoms with Crippen LogP contribution in [0.3, 0.4) is 0 Å². The Morgan fingerprint density at radius 2 is 1.90 bits per heavy atom. The zero-order valence-electron chi connectivity index (χ0n) is 17.7. The van der Waals surface area contributed by atoms with Crippen molar-refractivity contribution in [3.63, 3.8) is 0 Å². The fourth-order valence-corrected chi connectivity index (χ4v) is 6.16. The molecular weight excluding hydrogens is 420 g/mol. The Hall–Kier alpha value is -1.68. The normalized spacial score (nSPS) is 29.7. The summed E-state index contributed by atoms with van der Waals surface area (Å²) >= 11 is 0. The number of carbonyl (C=O) groups is 1. The average molecular weight is 453 g/mol. The van der Waals surface area contributed by atoms with Crippen LogP contribution in [0, 0.1) is 0 Å². The second-order valence-corrected chi connectivity index (χ2v) is 10.6. The Kier molecular flexibility index (Phi) is 7.15. The van der Waals surface area contributed by atoms with Gasteiger partial charge in [0.1, 0.15) is 5.75 Å². The largest absolute Gasteiger partial charge is 0.483 e. The molecule has 1 amide bonds. The van der Waals surface area contributed by atoms with Crippen molar-refractivity contribution < 1.29 is 27.8 Å². The molecule has 0 aromatic heterocycles. The summed E-state index contributed by atoms with van der Waals surface area (Å²) in [6.07, 6.45) is 5.29. The van der Waals surface area contributed by atoms with Crippen molar-refractivity contribution in [1.29, 1.82) is 0 Å². The summed E-state index contributed by atoms with van der Waals surface area (Å²) in [6.45, 7) is 0.311. The molecule has 3 aliphatic heterocycles. The van der Waals surface area contributed by atoms with Gasteiger partial charge in [-0.1, -0.05) is 18.2 Å². The van der Waals surface area contributed by atoms with Gasteiger partial charge in [0.25, 0.3) is 5.91 Å². The van der Waals surface area contributed by atoms with Crippen molar-refractivity contribution in [2.75, 3.05) is 32.1 Å². The number of sulfonamides is 1. The minimum Gasteiger partial charge on any atom is -0.483 e. The van der Waals surface area contributed by atoms with Crippen LogP contribution in [0.4, 0.5) is 0 Å². The highest BCUT2D eigenvalue weighted by Gasteiger charge is 2.38. The fraction of sp³-hybridized carbons (Fsp3) is 0.682. The van der Waals surface area contributed by atoms with Gasteiger partial charge in [0.05, 0.1) is 31.1 Å². The molecule has 8 nitrogen and oxygen atoms in total. The smallest absolute Gasteiger partial charge is 0.260 e. The third-order valence-electron chi connectivity index (χ3n) is 6.68. The molecule has 2 bridgehead atoms. The number of hydrogen-bond donors (Lipinski definition) is 2. The second-order valence-electron chi connectivity index (χ2n) is 8.70. The van der Waals surface area contributed by atoms with E-state index in [0.29, 0.717) is 31.9 Å². The van der Waals surface area contributed by atoms with Gasteiger partial charge in [0, 0.05) is 12.6 Å². The number of rotatable bonds is 4. The monoisotopic (exact) mass is 452 g/mol. The van der Waals surface area contributed by atoms with Crippen LogP contribution >= 0.6 is 0 Å². The van der Waals surface area contributed by atoms with E-state index in [9.17, 15) is 13.2 Å². The predicted octanol–water partition coefficient (Wildman–Crippen LogP) is 1.39. The average Bonchev–Trinajstić information content (AvgIpc) is 2.77. The number of amides is 1. The Morgan fingerprint density at radius 3 is 2.68 bits per heavy atom. The Balaban J connectivity index is 1.58. The van der Waals surface area contributed by atoms with E-state index in [2.05, 4.69) is 10.8 Å². The lowest BCUT2D eigenvalue weighted by atomic mass is 9.82. The molecule has 2 atom stereocenters. The number of piperidine rings is 1. The first-order valence-corrected chi connectivity index (χ1v) is 12.9. The zero-order chi connectivity index (χ0) is 21.8. The fourth-order valence-electron chi connectivity index (χ4n) is 5.07. The summed E-state index contributed by atoms with van der Waals surface area (Å²) in [5.74, 6) is 0.636. The second kappa shape index (κ2) is 9.85. The lowest BCUT2D eigenvalue weighted by Gasteiger charge is -2.42. The van der Waals surface area contributed by atoms with Crippen LogP contribution in [0.15, 0.2) is 24.3 Å². The maximum atomic E-state index is 13.1. The molecule has 1 aliphatic carbocycles. The first-order chi connectivity index (χ1) is 15.0. The van der Waals surface area contributed by atoms with Crippen LogP contribution in [0.2, 0.25) is 0 Å². The van der Waals surface area contributed by atoms with Gasteiger partial charge in [-0.3, -0.25) is 4.79 Å². The van der Waals surface area contributed by atoms with Crippen LogP contribution in [-0.4, -0.2) is 74.6 Å². The van der Waals surface area contributed by atoms with Gasteiger partial charge in [-0.15, -0.1) is 0 Å². The van der Waals surface area contributed by atoms with Crippen molar-refractivity contribution in [3.05, 3.63) is 29.8 Å². The lowest BCUT2D eigenvalue weighted by molar-refractivity contribution is -0.140. The molecule has 1 aromatic rings. The number of hydrogen-bond acceptors (Lipinski definition) is 6. The molecule has 0 radical (unpaired) electrons. The molecule has 3 heterocycles. The van der Waals surface area contributed by atoms with Gasteiger partial charge >= 0.3 is 0 Å². The van der Waals surface area contributed by atoms with Crippen LogP contribution in [-0.2, 0) is 19.6 Å². The molecule has 9 heteroatoms. The van der Waals surface area contributed by atoms with E-state index in [1.165, 1.54) is 0 Å². The highest BCUT2D eigenvalue weighted by Crippen LogP contribution is 2.38. The molecule has 1 saturated heterocycles. The molecule has 31 heavy (non-hydrogen) atoms. The van der Waals surface area contributed by atoms with Crippen molar-refractivity contribution >= 4 is 15.9 Å². The zero-order valence-corrected chi connectivity index (χ0v) is 18.6. The topological polar surface area (TPSA) is 105 Å². The maximum Gasteiger partial charge on any atom is 0.260 e. The van der Waals surface area contributed by atoms with E-state index in [1.807, 2.05) is 18.2 Å². The molecule has 2 unspecified atom stereocenters. The highest BCUT2D eigenvalue weighted by atomic mass is 32.2. The quantitative estimate of drug-likeness (QED) is 0.715. The van der Waals surface area contributed by atoms with Gasteiger partial charge in [-0.05, 0) is 56.1 Å². The summed E-state index contributed by atoms with van der Waals surface area (Å²) in [6, 6.07) is 7.10. The molecule has 1 aromatic carbocycles. The minimum absolute atomic E-state index is 0.0836. The molecule has 5 rings (SSSR count). The van der Waals surface area contributed by atoms with Crippen molar-refractivity contribution in [3.8, 4) is 5.75 Å². The summed E-state index contributed by atoms with van der Waals surface area (Å²) in [5, 5.41) is 9.07. The number of ether oxygens (including phenoxy) is 2. The van der Waals surface area contributed by atoms with E-state index in [1.54, 1.807) is 4.90 Å². The predicted molar refractivity (Wildman–Crippen MR) is 115 cm³/mol. The Labute approximate surface area is 184 Å². The van der Waals surface area contributed by atoms with E-state index in [4.69, 9.17) is 14.6 Å². The maximum absolute atomic E-state index is 13.1. The molecule has 2 N–H and O–H groups in total. The Morgan fingerprint density at radius 1 is 1.13 bits per heavy atom. The van der Waals surface area contributed by atoms with Crippen LogP contribution in [0.5, 0.6) is 5.75 Å². The van der Waals surface area contributed by atoms with Crippen molar-refractivity contribution in [1.82, 2.24) is 9.62 Å². The molecule has 0 spiro atoms. The first-order valence-electron chi connectivity index (χ1n) is 11.2. The molecule has 172 valence electrons. The van der Waals surface area contributed by atoms with Crippen LogP contribution in [0.25, 0.3) is 0 Å². The van der Waals surface area contributed by atoms with E-state index in [0.717, 1.165) is 37.0 Å². The minimum atomic E-state index is -3.63. The number of nitrogens with one attached hydrogen (secondary N) is 1. The van der Waals surface area contributed by atoms with Crippen LogP contribution in [0.1, 0.15) is 50.0 Å². The number of para-hydroxylation sites is 1. The van der Waals surface area contributed by atoms with E-state index < -0.39 is 28.7 Å². The molecule has 1 saturated carbocycles. The number of benzene rings is 1. The summed E-state index contributed by atoms with van der Waals surface area (Å²) in [5.41, 5.74) is 1.15.